The van der Waals surface area contributed by atoms with Gasteiger partial charge in [-0.05, 0) is 32.6 Å². The van der Waals surface area contributed by atoms with Crippen molar-refractivity contribution in [2.45, 2.75) is 44.2 Å². The summed E-state index contributed by atoms with van der Waals surface area (Å²) >= 11 is 0. The summed E-state index contributed by atoms with van der Waals surface area (Å²) in [6.07, 6.45) is 4.12. The molecule has 2 fully saturated rings. The molecule has 2 saturated heterocycles. The van der Waals surface area contributed by atoms with Crippen LogP contribution < -0.4 is 10.6 Å². The number of nitrogens with one attached hydrogen (secondary N) is 1. The molecule has 2 aliphatic rings. The van der Waals surface area contributed by atoms with E-state index in [1.54, 1.807) is 0 Å². The number of hydrogen-bond donors (Lipinski definition) is 2. The number of aromatic amines is 1. The first-order valence-corrected chi connectivity index (χ1v) is 6.75. The maximum absolute atomic E-state index is 5.91. The normalized spacial score (nSPS) is 30.0. The van der Waals surface area contributed by atoms with Crippen molar-refractivity contribution >= 4 is 5.95 Å². The maximum Gasteiger partial charge on any atom is 0.244 e. The van der Waals surface area contributed by atoms with Gasteiger partial charge in [0.15, 0.2) is 5.82 Å². The molecule has 1 aromatic rings. The van der Waals surface area contributed by atoms with Gasteiger partial charge in [-0.2, -0.15) is 4.98 Å². The number of ether oxygens (including phenoxy) is 1. The molecule has 2 aliphatic heterocycles. The van der Waals surface area contributed by atoms with E-state index >= 15 is 0 Å². The Hall–Kier alpha value is -1.14. The molecular weight excluding hydrogens is 230 g/mol. The minimum absolute atomic E-state index is 0.280. The largest absolute Gasteiger partial charge is 0.367 e. The summed E-state index contributed by atoms with van der Waals surface area (Å²) in [7, 11) is 0. The van der Waals surface area contributed by atoms with Crippen LogP contribution in [0.3, 0.4) is 0 Å². The molecule has 100 valence electrons. The number of hydrogen-bond acceptors (Lipinski definition) is 5. The average molecular weight is 251 g/mol. The third-order valence-corrected chi connectivity index (χ3v) is 4.02. The van der Waals surface area contributed by atoms with Crippen molar-refractivity contribution in [3.63, 3.8) is 0 Å². The Balaban J connectivity index is 1.73. The van der Waals surface area contributed by atoms with Crippen molar-refractivity contribution in [2.75, 3.05) is 24.6 Å². The van der Waals surface area contributed by atoms with E-state index in [0.717, 1.165) is 57.2 Å². The third kappa shape index (κ3) is 2.10. The molecule has 0 saturated carbocycles. The van der Waals surface area contributed by atoms with Gasteiger partial charge in [0.05, 0.1) is 0 Å². The van der Waals surface area contributed by atoms with Crippen molar-refractivity contribution in [2.24, 2.45) is 5.73 Å². The Morgan fingerprint density at radius 1 is 1.44 bits per heavy atom. The predicted octanol–water partition coefficient (Wildman–Crippen LogP) is 0.758. The van der Waals surface area contributed by atoms with E-state index in [-0.39, 0.29) is 5.60 Å². The first-order valence-electron chi connectivity index (χ1n) is 6.75. The Labute approximate surface area is 107 Å². The van der Waals surface area contributed by atoms with Gasteiger partial charge in [0.2, 0.25) is 5.95 Å². The monoisotopic (exact) mass is 251 g/mol. The van der Waals surface area contributed by atoms with E-state index in [1.165, 1.54) is 0 Å². The van der Waals surface area contributed by atoms with Crippen LogP contribution in [0.15, 0.2) is 0 Å². The summed E-state index contributed by atoms with van der Waals surface area (Å²) in [5, 5.41) is 7.36. The zero-order valence-electron chi connectivity index (χ0n) is 10.9. The van der Waals surface area contributed by atoms with Crippen LogP contribution in [0.25, 0.3) is 0 Å². The second-order valence-corrected chi connectivity index (χ2v) is 5.49. The lowest BCUT2D eigenvalue weighted by molar-refractivity contribution is 0.00966. The van der Waals surface area contributed by atoms with Crippen molar-refractivity contribution < 1.29 is 4.74 Å². The number of aromatic nitrogens is 3. The highest BCUT2D eigenvalue weighted by molar-refractivity contribution is 5.30. The molecule has 6 nitrogen and oxygen atoms in total. The fraction of sp³-hybridized carbons (Fsp3) is 0.833. The fourth-order valence-corrected chi connectivity index (χ4v) is 2.70. The van der Waals surface area contributed by atoms with Crippen LogP contribution in [0.4, 0.5) is 5.95 Å². The number of H-pyrrole nitrogens is 1. The van der Waals surface area contributed by atoms with Crippen molar-refractivity contribution in [3.05, 3.63) is 5.82 Å². The highest BCUT2D eigenvalue weighted by atomic mass is 16.5. The summed E-state index contributed by atoms with van der Waals surface area (Å²) in [6, 6.07) is 0.329. The lowest BCUT2D eigenvalue weighted by Crippen LogP contribution is -2.40. The summed E-state index contributed by atoms with van der Waals surface area (Å²) in [5.41, 5.74) is 5.63. The van der Waals surface area contributed by atoms with Crippen LogP contribution >= 0.6 is 0 Å². The molecule has 0 aliphatic carbocycles. The van der Waals surface area contributed by atoms with E-state index < -0.39 is 0 Å². The molecular formula is C12H21N5O. The first kappa shape index (κ1) is 11.9. The van der Waals surface area contributed by atoms with E-state index in [4.69, 9.17) is 10.5 Å². The number of nitrogens with zero attached hydrogens (tertiary/aromatic N) is 3. The van der Waals surface area contributed by atoms with Gasteiger partial charge in [0.25, 0.3) is 0 Å². The average Bonchev–Trinajstić information content (AvgIpc) is 2.99. The molecule has 6 heteroatoms. The first-order chi connectivity index (χ1) is 8.67. The Bertz CT molecular complexity index is 404. The summed E-state index contributed by atoms with van der Waals surface area (Å²) in [6.45, 7) is 4.77. The second-order valence-electron chi connectivity index (χ2n) is 5.49. The van der Waals surface area contributed by atoms with E-state index in [0.29, 0.717) is 6.04 Å². The van der Waals surface area contributed by atoms with E-state index in [2.05, 4.69) is 27.0 Å². The molecule has 18 heavy (non-hydrogen) atoms. The smallest absolute Gasteiger partial charge is 0.244 e. The predicted molar refractivity (Wildman–Crippen MR) is 68.3 cm³/mol. The molecule has 1 unspecified atom stereocenters. The van der Waals surface area contributed by atoms with Gasteiger partial charge in [0, 0.05) is 25.7 Å². The topological polar surface area (TPSA) is 80.1 Å². The molecule has 3 heterocycles. The SMILES string of the molecule is CC1(c2nc(N3CCC(N)CC3)n[nH]2)CCCO1. The fourth-order valence-electron chi connectivity index (χ4n) is 2.70. The van der Waals surface area contributed by atoms with Crippen LogP contribution in [-0.2, 0) is 10.3 Å². The molecule has 0 bridgehead atoms. The van der Waals surface area contributed by atoms with Crippen LogP contribution in [0.2, 0.25) is 0 Å². The highest BCUT2D eigenvalue weighted by Gasteiger charge is 2.35. The molecule has 0 spiro atoms. The Kier molecular flexibility index (Phi) is 2.99. The van der Waals surface area contributed by atoms with E-state index in [1.807, 2.05) is 0 Å². The summed E-state index contributed by atoms with van der Waals surface area (Å²) < 4.78 is 5.77. The summed E-state index contributed by atoms with van der Waals surface area (Å²) in [4.78, 5) is 6.80. The van der Waals surface area contributed by atoms with Crippen molar-refractivity contribution in [3.8, 4) is 0 Å². The van der Waals surface area contributed by atoms with Crippen LogP contribution in [0, 0.1) is 0 Å². The number of piperidine rings is 1. The standard InChI is InChI=1S/C12H21N5O/c1-12(5-2-8-18-12)10-14-11(16-15-10)17-6-3-9(13)4-7-17/h9H,2-8,13H2,1H3,(H,14,15,16). The van der Waals surface area contributed by atoms with Crippen LogP contribution in [0.1, 0.15) is 38.4 Å². The van der Waals surface area contributed by atoms with Gasteiger partial charge in [-0.15, -0.1) is 5.10 Å². The van der Waals surface area contributed by atoms with Gasteiger partial charge in [-0.25, -0.2) is 0 Å². The maximum atomic E-state index is 5.91. The Morgan fingerprint density at radius 2 is 2.22 bits per heavy atom. The second kappa shape index (κ2) is 4.51. The minimum atomic E-state index is -0.280. The van der Waals surface area contributed by atoms with Crippen molar-refractivity contribution in [1.29, 1.82) is 0 Å². The van der Waals surface area contributed by atoms with E-state index in [9.17, 15) is 0 Å². The number of rotatable bonds is 2. The molecule has 1 atom stereocenters. The molecule has 0 aromatic carbocycles. The molecule has 3 rings (SSSR count). The minimum Gasteiger partial charge on any atom is -0.367 e. The van der Waals surface area contributed by atoms with Crippen LogP contribution in [0.5, 0.6) is 0 Å². The zero-order valence-corrected chi connectivity index (χ0v) is 10.9. The highest BCUT2D eigenvalue weighted by Crippen LogP contribution is 2.34. The number of anilines is 1. The van der Waals surface area contributed by atoms with Gasteiger partial charge in [-0.3, -0.25) is 5.10 Å². The van der Waals surface area contributed by atoms with Gasteiger partial charge < -0.3 is 15.4 Å². The number of nitrogens with two attached hydrogens (primary N) is 1. The Morgan fingerprint density at radius 3 is 2.89 bits per heavy atom. The molecule has 0 radical (unpaired) electrons. The quantitative estimate of drug-likeness (QED) is 0.811. The van der Waals surface area contributed by atoms with Crippen LogP contribution in [-0.4, -0.2) is 40.9 Å². The van der Waals surface area contributed by atoms with Gasteiger partial charge in [-0.1, -0.05) is 0 Å². The molecule has 0 amide bonds. The zero-order chi connectivity index (χ0) is 12.6. The molecule has 3 N–H and O–H groups in total. The third-order valence-electron chi connectivity index (χ3n) is 4.02. The lowest BCUT2D eigenvalue weighted by Gasteiger charge is -2.29. The summed E-state index contributed by atoms with van der Waals surface area (Å²) in [5.74, 6) is 1.64. The van der Waals surface area contributed by atoms with Crippen molar-refractivity contribution in [1.82, 2.24) is 15.2 Å². The lowest BCUT2D eigenvalue weighted by atomic mass is 10.0. The van der Waals surface area contributed by atoms with Gasteiger partial charge >= 0.3 is 0 Å². The van der Waals surface area contributed by atoms with Gasteiger partial charge in [0.1, 0.15) is 5.60 Å². The molecule has 1 aromatic heterocycles.